The Balaban J connectivity index is 2.45. The second-order valence-corrected chi connectivity index (χ2v) is 4.23. The van der Waals surface area contributed by atoms with Crippen molar-refractivity contribution < 1.29 is 14.2 Å². The first kappa shape index (κ1) is 12.2. The van der Waals surface area contributed by atoms with Gasteiger partial charge in [0.2, 0.25) is 0 Å². The largest absolute Gasteiger partial charge is 0.486 e. The topological polar surface area (TPSA) is 53.7 Å². The number of fused-ring (bicyclic) bond motifs is 1. The second-order valence-electron chi connectivity index (χ2n) is 4.23. The summed E-state index contributed by atoms with van der Waals surface area (Å²) in [6, 6.07) is 4.01. The summed E-state index contributed by atoms with van der Waals surface area (Å²) in [6.45, 7) is 4.42. The molecule has 0 saturated carbocycles. The minimum atomic E-state index is 0.288. The zero-order valence-corrected chi connectivity index (χ0v) is 10.4. The van der Waals surface area contributed by atoms with Gasteiger partial charge >= 0.3 is 0 Å². The van der Waals surface area contributed by atoms with Gasteiger partial charge in [0.05, 0.1) is 6.61 Å². The Morgan fingerprint density at radius 1 is 1.35 bits per heavy atom. The van der Waals surface area contributed by atoms with Crippen molar-refractivity contribution >= 4 is 0 Å². The molecule has 0 spiro atoms. The maximum absolute atomic E-state index is 5.73. The molecule has 4 heteroatoms. The van der Waals surface area contributed by atoms with E-state index in [0.29, 0.717) is 26.4 Å². The summed E-state index contributed by atoms with van der Waals surface area (Å²) in [5.74, 6) is 1.91. The standard InChI is InChI=1S/C13H19NO3/c1-9(7-14)10-3-4-12-13(11(10)8-15-2)17-6-5-16-12/h3-4,9H,5-8,14H2,1-2H3. The fourth-order valence-corrected chi connectivity index (χ4v) is 2.07. The van der Waals surface area contributed by atoms with Crippen molar-refractivity contribution in [1.82, 2.24) is 0 Å². The van der Waals surface area contributed by atoms with Crippen LogP contribution in [-0.2, 0) is 11.3 Å². The molecule has 4 nitrogen and oxygen atoms in total. The SMILES string of the molecule is COCc1c(C(C)CN)ccc2c1OCCO2. The molecule has 0 radical (unpaired) electrons. The van der Waals surface area contributed by atoms with Crippen LogP contribution in [0.2, 0.25) is 0 Å². The average Bonchev–Trinajstić information content (AvgIpc) is 2.38. The van der Waals surface area contributed by atoms with Gasteiger partial charge in [-0.3, -0.25) is 0 Å². The fraction of sp³-hybridized carbons (Fsp3) is 0.538. The molecule has 2 N–H and O–H groups in total. The van der Waals surface area contributed by atoms with E-state index < -0.39 is 0 Å². The molecule has 0 bridgehead atoms. The molecule has 17 heavy (non-hydrogen) atoms. The predicted octanol–water partition coefficient (Wildman–Crippen LogP) is 1.67. The van der Waals surface area contributed by atoms with E-state index in [0.717, 1.165) is 17.1 Å². The molecule has 0 saturated heterocycles. The van der Waals surface area contributed by atoms with Gasteiger partial charge in [0.25, 0.3) is 0 Å². The Morgan fingerprint density at radius 2 is 2.12 bits per heavy atom. The minimum absolute atomic E-state index is 0.288. The fourth-order valence-electron chi connectivity index (χ4n) is 2.07. The summed E-state index contributed by atoms with van der Waals surface area (Å²) >= 11 is 0. The van der Waals surface area contributed by atoms with Crippen LogP contribution in [-0.4, -0.2) is 26.9 Å². The van der Waals surface area contributed by atoms with Gasteiger partial charge in [0, 0.05) is 12.7 Å². The first-order chi connectivity index (χ1) is 8.27. The van der Waals surface area contributed by atoms with Crippen molar-refractivity contribution in [3.63, 3.8) is 0 Å². The van der Waals surface area contributed by atoms with E-state index in [4.69, 9.17) is 19.9 Å². The Hall–Kier alpha value is -1.26. The highest BCUT2D eigenvalue weighted by molar-refractivity contribution is 5.52. The molecule has 0 fully saturated rings. The first-order valence-electron chi connectivity index (χ1n) is 5.88. The van der Waals surface area contributed by atoms with E-state index in [1.165, 1.54) is 5.56 Å². The van der Waals surface area contributed by atoms with E-state index in [1.54, 1.807) is 7.11 Å². The molecule has 0 aliphatic carbocycles. The van der Waals surface area contributed by atoms with Crippen LogP contribution in [0.1, 0.15) is 24.0 Å². The third kappa shape index (κ3) is 2.37. The Labute approximate surface area is 102 Å². The first-order valence-corrected chi connectivity index (χ1v) is 5.88. The molecule has 1 unspecified atom stereocenters. The zero-order valence-electron chi connectivity index (χ0n) is 10.4. The van der Waals surface area contributed by atoms with Crippen molar-refractivity contribution in [2.45, 2.75) is 19.4 Å². The summed E-state index contributed by atoms with van der Waals surface area (Å²) in [5.41, 5.74) is 7.97. The van der Waals surface area contributed by atoms with Crippen LogP contribution in [0.4, 0.5) is 0 Å². The van der Waals surface area contributed by atoms with E-state index in [9.17, 15) is 0 Å². The molecule has 0 amide bonds. The number of ether oxygens (including phenoxy) is 3. The van der Waals surface area contributed by atoms with Crippen LogP contribution >= 0.6 is 0 Å². The second kappa shape index (κ2) is 5.38. The molecule has 1 aromatic rings. The molecule has 1 aliphatic rings. The van der Waals surface area contributed by atoms with E-state index in [1.807, 2.05) is 6.07 Å². The van der Waals surface area contributed by atoms with Gasteiger partial charge < -0.3 is 19.9 Å². The highest BCUT2D eigenvalue weighted by Crippen LogP contribution is 2.38. The van der Waals surface area contributed by atoms with Crippen LogP contribution in [0.25, 0.3) is 0 Å². The van der Waals surface area contributed by atoms with Crippen molar-refractivity contribution in [1.29, 1.82) is 0 Å². The maximum Gasteiger partial charge on any atom is 0.167 e. The lowest BCUT2D eigenvalue weighted by Crippen LogP contribution is -2.19. The number of nitrogens with two attached hydrogens (primary N) is 1. The highest BCUT2D eigenvalue weighted by atomic mass is 16.6. The van der Waals surface area contributed by atoms with Gasteiger partial charge in [-0.15, -0.1) is 0 Å². The van der Waals surface area contributed by atoms with E-state index >= 15 is 0 Å². The van der Waals surface area contributed by atoms with Gasteiger partial charge in [-0.05, 0) is 24.1 Å². The molecular formula is C13H19NO3. The van der Waals surface area contributed by atoms with Crippen LogP contribution in [0.3, 0.4) is 0 Å². The summed E-state index contributed by atoms with van der Waals surface area (Å²) in [7, 11) is 1.68. The van der Waals surface area contributed by atoms with Crippen LogP contribution in [0, 0.1) is 0 Å². The number of hydrogen-bond donors (Lipinski definition) is 1. The Morgan fingerprint density at radius 3 is 2.82 bits per heavy atom. The third-order valence-electron chi connectivity index (χ3n) is 3.02. The van der Waals surface area contributed by atoms with Crippen molar-refractivity contribution in [2.24, 2.45) is 5.73 Å². The van der Waals surface area contributed by atoms with Gasteiger partial charge in [0.1, 0.15) is 13.2 Å². The molecule has 1 aromatic carbocycles. The lowest BCUT2D eigenvalue weighted by molar-refractivity contribution is 0.152. The van der Waals surface area contributed by atoms with E-state index in [-0.39, 0.29) is 5.92 Å². The van der Waals surface area contributed by atoms with Crippen molar-refractivity contribution in [2.75, 3.05) is 26.9 Å². The Kier molecular flexibility index (Phi) is 3.86. The highest BCUT2D eigenvalue weighted by Gasteiger charge is 2.21. The Bertz CT molecular complexity index is 392. The monoisotopic (exact) mass is 237 g/mol. The normalized spacial score (nSPS) is 15.7. The molecular weight excluding hydrogens is 218 g/mol. The molecule has 1 heterocycles. The lowest BCUT2D eigenvalue weighted by Gasteiger charge is -2.24. The van der Waals surface area contributed by atoms with Gasteiger partial charge in [0.15, 0.2) is 11.5 Å². The summed E-state index contributed by atoms with van der Waals surface area (Å²) in [4.78, 5) is 0. The van der Waals surface area contributed by atoms with Gasteiger partial charge in [-0.2, -0.15) is 0 Å². The summed E-state index contributed by atoms with van der Waals surface area (Å²) < 4.78 is 16.5. The lowest BCUT2D eigenvalue weighted by atomic mass is 9.95. The molecule has 1 aliphatic heterocycles. The molecule has 2 rings (SSSR count). The maximum atomic E-state index is 5.73. The minimum Gasteiger partial charge on any atom is -0.486 e. The van der Waals surface area contributed by atoms with Crippen LogP contribution in [0.15, 0.2) is 12.1 Å². The van der Waals surface area contributed by atoms with Crippen LogP contribution < -0.4 is 15.2 Å². The van der Waals surface area contributed by atoms with Crippen molar-refractivity contribution in [3.05, 3.63) is 23.3 Å². The average molecular weight is 237 g/mol. The molecule has 0 aromatic heterocycles. The van der Waals surface area contributed by atoms with Crippen LogP contribution in [0.5, 0.6) is 11.5 Å². The summed E-state index contributed by atoms with van der Waals surface area (Å²) in [6.07, 6.45) is 0. The zero-order chi connectivity index (χ0) is 12.3. The van der Waals surface area contributed by atoms with E-state index in [2.05, 4.69) is 13.0 Å². The third-order valence-corrected chi connectivity index (χ3v) is 3.02. The molecule has 1 atom stereocenters. The van der Waals surface area contributed by atoms with Gasteiger partial charge in [-0.1, -0.05) is 13.0 Å². The quantitative estimate of drug-likeness (QED) is 0.865. The summed E-state index contributed by atoms with van der Waals surface area (Å²) in [5, 5.41) is 0. The number of hydrogen-bond acceptors (Lipinski definition) is 4. The predicted molar refractivity (Wildman–Crippen MR) is 65.6 cm³/mol. The van der Waals surface area contributed by atoms with Gasteiger partial charge in [-0.25, -0.2) is 0 Å². The smallest absolute Gasteiger partial charge is 0.167 e. The number of rotatable bonds is 4. The number of methoxy groups -OCH3 is 1. The molecule has 94 valence electrons. The van der Waals surface area contributed by atoms with Crippen molar-refractivity contribution in [3.8, 4) is 11.5 Å². The number of benzene rings is 1.